The van der Waals surface area contributed by atoms with Crippen LogP contribution in [0, 0.1) is 6.92 Å². The minimum absolute atomic E-state index is 0.101. The number of aromatic nitrogens is 2. The smallest absolute Gasteiger partial charge is 0.252 e. The van der Waals surface area contributed by atoms with Crippen molar-refractivity contribution in [2.24, 2.45) is 0 Å². The fourth-order valence-electron chi connectivity index (χ4n) is 1.92. The average Bonchev–Trinajstić information content (AvgIpc) is 2.49. The third kappa shape index (κ3) is 2.56. The SMILES string of the molecule is Cc1nc(NC2CCN(C)C2)cc(=O)[nH]1. The molecule has 2 heterocycles. The van der Waals surface area contributed by atoms with E-state index >= 15 is 0 Å². The molecular formula is C10H16N4O. The summed E-state index contributed by atoms with van der Waals surface area (Å²) in [6.07, 6.45) is 1.10. The van der Waals surface area contributed by atoms with E-state index in [9.17, 15) is 4.79 Å². The van der Waals surface area contributed by atoms with Crippen molar-refractivity contribution in [2.75, 3.05) is 25.5 Å². The van der Waals surface area contributed by atoms with Gasteiger partial charge in [0.05, 0.1) is 0 Å². The van der Waals surface area contributed by atoms with Crippen molar-refractivity contribution in [3.8, 4) is 0 Å². The molecule has 0 bridgehead atoms. The summed E-state index contributed by atoms with van der Waals surface area (Å²) in [5.41, 5.74) is -0.101. The molecule has 1 fully saturated rings. The Morgan fingerprint density at radius 2 is 2.47 bits per heavy atom. The largest absolute Gasteiger partial charge is 0.366 e. The monoisotopic (exact) mass is 208 g/mol. The van der Waals surface area contributed by atoms with Crippen molar-refractivity contribution in [1.29, 1.82) is 0 Å². The number of nitrogens with zero attached hydrogens (tertiary/aromatic N) is 2. The van der Waals surface area contributed by atoms with Crippen molar-refractivity contribution in [2.45, 2.75) is 19.4 Å². The van der Waals surface area contributed by atoms with Crippen molar-refractivity contribution in [3.05, 3.63) is 22.2 Å². The minimum atomic E-state index is -0.101. The number of H-pyrrole nitrogens is 1. The first-order valence-corrected chi connectivity index (χ1v) is 5.16. The number of rotatable bonds is 2. The number of nitrogens with one attached hydrogen (secondary N) is 2. The van der Waals surface area contributed by atoms with Gasteiger partial charge in [-0.2, -0.15) is 0 Å². The van der Waals surface area contributed by atoms with E-state index in [-0.39, 0.29) is 5.56 Å². The van der Waals surface area contributed by atoms with Gasteiger partial charge in [-0.1, -0.05) is 0 Å². The van der Waals surface area contributed by atoms with Crippen molar-refractivity contribution >= 4 is 5.82 Å². The molecule has 2 rings (SSSR count). The third-order valence-electron chi connectivity index (χ3n) is 2.60. The fourth-order valence-corrected chi connectivity index (χ4v) is 1.92. The number of anilines is 1. The first kappa shape index (κ1) is 10.2. The van der Waals surface area contributed by atoms with Crippen molar-refractivity contribution in [3.63, 3.8) is 0 Å². The first-order valence-electron chi connectivity index (χ1n) is 5.16. The Hall–Kier alpha value is -1.36. The van der Waals surface area contributed by atoms with Gasteiger partial charge in [0, 0.05) is 18.7 Å². The Balaban J connectivity index is 2.07. The number of aryl methyl sites for hydroxylation is 1. The fraction of sp³-hybridized carbons (Fsp3) is 0.600. The van der Waals surface area contributed by atoms with E-state index in [1.807, 2.05) is 0 Å². The second-order valence-electron chi connectivity index (χ2n) is 4.11. The van der Waals surface area contributed by atoms with E-state index in [4.69, 9.17) is 0 Å². The zero-order chi connectivity index (χ0) is 10.8. The van der Waals surface area contributed by atoms with Gasteiger partial charge in [-0.3, -0.25) is 4.79 Å². The molecule has 0 aliphatic carbocycles. The van der Waals surface area contributed by atoms with Crippen molar-refractivity contribution < 1.29 is 0 Å². The highest BCUT2D eigenvalue weighted by Gasteiger charge is 2.19. The maximum Gasteiger partial charge on any atom is 0.252 e. The molecule has 82 valence electrons. The molecule has 2 N–H and O–H groups in total. The van der Waals surface area contributed by atoms with E-state index in [0.29, 0.717) is 17.7 Å². The highest BCUT2D eigenvalue weighted by Crippen LogP contribution is 2.11. The number of likely N-dealkylation sites (tertiary alicyclic amines) is 1. The summed E-state index contributed by atoms with van der Waals surface area (Å²) in [7, 11) is 2.10. The zero-order valence-electron chi connectivity index (χ0n) is 9.08. The Bertz CT molecular complexity index is 401. The molecule has 1 aliphatic rings. The predicted molar refractivity (Wildman–Crippen MR) is 59.1 cm³/mol. The van der Waals surface area contributed by atoms with Crippen LogP contribution in [-0.4, -0.2) is 41.0 Å². The maximum absolute atomic E-state index is 11.2. The zero-order valence-corrected chi connectivity index (χ0v) is 9.08. The summed E-state index contributed by atoms with van der Waals surface area (Å²) in [6, 6.07) is 1.91. The molecule has 1 unspecified atom stereocenters. The van der Waals surface area contributed by atoms with Crippen LogP contribution < -0.4 is 10.9 Å². The molecule has 0 spiro atoms. The predicted octanol–water partition coefficient (Wildman–Crippen LogP) is 0.194. The number of hydrogen-bond acceptors (Lipinski definition) is 4. The van der Waals surface area contributed by atoms with Crippen LogP contribution in [0.15, 0.2) is 10.9 Å². The summed E-state index contributed by atoms with van der Waals surface area (Å²) in [5.74, 6) is 1.33. The molecule has 15 heavy (non-hydrogen) atoms. The normalized spacial score (nSPS) is 21.9. The lowest BCUT2D eigenvalue weighted by atomic mass is 10.2. The molecule has 1 aromatic heterocycles. The maximum atomic E-state index is 11.2. The van der Waals surface area contributed by atoms with E-state index in [0.717, 1.165) is 19.5 Å². The summed E-state index contributed by atoms with van der Waals surface area (Å²) in [5, 5.41) is 3.28. The minimum Gasteiger partial charge on any atom is -0.366 e. The summed E-state index contributed by atoms with van der Waals surface area (Å²) < 4.78 is 0. The number of aromatic amines is 1. The molecular weight excluding hydrogens is 192 g/mol. The molecule has 5 heteroatoms. The second-order valence-corrected chi connectivity index (χ2v) is 4.11. The Morgan fingerprint density at radius 1 is 1.67 bits per heavy atom. The van der Waals surface area contributed by atoms with Gasteiger partial charge in [-0.15, -0.1) is 0 Å². The second kappa shape index (κ2) is 4.02. The van der Waals surface area contributed by atoms with Crippen LogP contribution in [0.25, 0.3) is 0 Å². The van der Waals surface area contributed by atoms with Gasteiger partial charge in [0.15, 0.2) is 0 Å². The van der Waals surface area contributed by atoms with Crippen LogP contribution in [0.3, 0.4) is 0 Å². The third-order valence-corrected chi connectivity index (χ3v) is 2.60. The molecule has 1 aromatic rings. The molecule has 0 aromatic carbocycles. The molecule has 1 aliphatic heterocycles. The van der Waals surface area contributed by atoms with Crippen LogP contribution in [0.2, 0.25) is 0 Å². The standard InChI is InChI=1S/C10H16N4O/c1-7-11-9(5-10(15)12-7)13-8-3-4-14(2)6-8/h5,8H,3-4,6H2,1-2H3,(H2,11,12,13,15). The molecule has 1 saturated heterocycles. The van der Waals surface area contributed by atoms with Gasteiger partial charge < -0.3 is 15.2 Å². The summed E-state index contributed by atoms with van der Waals surface area (Å²) in [4.78, 5) is 20.3. The summed E-state index contributed by atoms with van der Waals surface area (Å²) in [6.45, 7) is 3.89. The van der Waals surface area contributed by atoms with Gasteiger partial charge in [0.25, 0.3) is 5.56 Å². The van der Waals surface area contributed by atoms with Gasteiger partial charge in [-0.05, 0) is 26.9 Å². The molecule has 5 nitrogen and oxygen atoms in total. The van der Waals surface area contributed by atoms with Gasteiger partial charge >= 0.3 is 0 Å². The lowest BCUT2D eigenvalue weighted by Crippen LogP contribution is -2.25. The van der Waals surface area contributed by atoms with Crippen molar-refractivity contribution in [1.82, 2.24) is 14.9 Å². The van der Waals surface area contributed by atoms with Crippen LogP contribution >= 0.6 is 0 Å². The van der Waals surface area contributed by atoms with Gasteiger partial charge in [0.2, 0.25) is 0 Å². The first-order chi connectivity index (χ1) is 7.13. The Morgan fingerprint density at radius 3 is 3.07 bits per heavy atom. The number of hydrogen-bond donors (Lipinski definition) is 2. The van der Waals surface area contributed by atoms with Gasteiger partial charge in [0.1, 0.15) is 11.6 Å². The van der Waals surface area contributed by atoms with E-state index in [1.165, 1.54) is 6.07 Å². The van der Waals surface area contributed by atoms with Gasteiger partial charge in [-0.25, -0.2) is 4.98 Å². The molecule has 0 amide bonds. The highest BCUT2D eigenvalue weighted by molar-refractivity contribution is 5.34. The Labute approximate surface area is 88.5 Å². The topological polar surface area (TPSA) is 61.0 Å². The van der Waals surface area contributed by atoms with Crippen LogP contribution in [0.1, 0.15) is 12.2 Å². The molecule has 0 saturated carbocycles. The van der Waals surface area contributed by atoms with Crippen LogP contribution in [-0.2, 0) is 0 Å². The van der Waals surface area contributed by atoms with E-state index in [2.05, 4.69) is 27.2 Å². The van der Waals surface area contributed by atoms with E-state index in [1.54, 1.807) is 6.92 Å². The molecule has 0 radical (unpaired) electrons. The van der Waals surface area contributed by atoms with E-state index < -0.39 is 0 Å². The highest BCUT2D eigenvalue weighted by atomic mass is 16.1. The van der Waals surface area contributed by atoms with Crippen LogP contribution in [0.4, 0.5) is 5.82 Å². The average molecular weight is 208 g/mol. The summed E-state index contributed by atoms with van der Waals surface area (Å²) >= 11 is 0. The number of likely N-dealkylation sites (N-methyl/N-ethyl adjacent to an activating group) is 1. The Kier molecular flexibility index (Phi) is 2.73. The molecule has 1 atom stereocenters. The lowest BCUT2D eigenvalue weighted by molar-refractivity contribution is 0.414. The van der Waals surface area contributed by atoms with Crippen LogP contribution in [0.5, 0.6) is 0 Å². The lowest BCUT2D eigenvalue weighted by Gasteiger charge is -2.13. The quantitative estimate of drug-likeness (QED) is 0.728.